The van der Waals surface area contributed by atoms with Crippen molar-refractivity contribution in [2.24, 2.45) is 0 Å². The molecule has 2 aromatic carbocycles. The van der Waals surface area contributed by atoms with Crippen LogP contribution in [0, 0.1) is 0 Å². The lowest BCUT2D eigenvalue weighted by molar-refractivity contribution is -0.132. The standard InChI is InChI=1S/C22H16Cl2N4O4/c23-17(18(24)22(31)32)20(29)26-14-5-6-15-16(10-14)27-19-12(7-8-28(19)21(15)30)9-11-1-3-13(25)4-2-11/h1-6,9-10H,7-8,25H2,(H,26,29)(H,31,32)/b12-9+,18-17-. The maximum absolute atomic E-state index is 12.9. The van der Waals surface area contributed by atoms with Crippen molar-refractivity contribution in [3.05, 3.63) is 74.3 Å². The Hall–Kier alpha value is -3.62. The fourth-order valence-corrected chi connectivity index (χ4v) is 3.62. The van der Waals surface area contributed by atoms with Crippen molar-refractivity contribution in [1.29, 1.82) is 0 Å². The fourth-order valence-electron chi connectivity index (χ4n) is 3.41. The van der Waals surface area contributed by atoms with Gasteiger partial charge in [-0.3, -0.25) is 14.2 Å². The number of anilines is 2. The van der Waals surface area contributed by atoms with Gasteiger partial charge in [0.1, 0.15) is 15.9 Å². The third kappa shape index (κ3) is 4.10. The summed E-state index contributed by atoms with van der Waals surface area (Å²) in [5, 5.41) is 10.3. The minimum atomic E-state index is -1.52. The topological polar surface area (TPSA) is 127 Å². The molecular formula is C22H16Cl2N4O4. The van der Waals surface area contributed by atoms with Gasteiger partial charge in [0.25, 0.3) is 11.5 Å². The number of benzene rings is 2. The second kappa shape index (κ2) is 8.49. The molecule has 0 atom stereocenters. The van der Waals surface area contributed by atoms with Gasteiger partial charge in [0.05, 0.1) is 10.9 Å². The number of hydrogen-bond acceptors (Lipinski definition) is 5. The Morgan fingerprint density at radius 2 is 1.84 bits per heavy atom. The number of hydrogen-bond donors (Lipinski definition) is 3. The van der Waals surface area contributed by atoms with Crippen LogP contribution in [0.2, 0.25) is 0 Å². The number of carbonyl (C=O) groups is 2. The van der Waals surface area contributed by atoms with Crippen LogP contribution in [0.4, 0.5) is 11.4 Å². The summed E-state index contributed by atoms with van der Waals surface area (Å²) in [6.07, 6.45) is 2.61. The van der Waals surface area contributed by atoms with Crippen LogP contribution in [-0.2, 0) is 16.1 Å². The average Bonchev–Trinajstić information content (AvgIpc) is 3.16. The zero-order chi connectivity index (χ0) is 23.0. The van der Waals surface area contributed by atoms with Gasteiger partial charge < -0.3 is 16.2 Å². The summed E-state index contributed by atoms with van der Waals surface area (Å²) < 4.78 is 1.62. The van der Waals surface area contributed by atoms with Crippen LogP contribution in [0.25, 0.3) is 22.6 Å². The highest BCUT2D eigenvalue weighted by molar-refractivity contribution is 6.54. The van der Waals surface area contributed by atoms with Crippen molar-refractivity contribution in [1.82, 2.24) is 9.55 Å². The summed E-state index contributed by atoms with van der Waals surface area (Å²) in [4.78, 5) is 40.6. The van der Waals surface area contributed by atoms with Gasteiger partial charge in [0, 0.05) is 17.9 Å². The number of amides is 1. The van der Waals surface area contributed by atoms with Crippen LogP contribution in [0.3, 0.4) is 0 Å². The number of nitrogens with zero attached hydrogens (tertiary/aromatic N) is 2. The van der Waals surface area contributed by atoms with E-state index in [1.54, 1.807) is 22.8 Å². The lowest BCUT2D eigenvalue weighted by Crippen LogP contribution is -2.21. The van der Waals surface area contributed by atoms with Crippen molar-refractivity contribution >= 4 is 69.0 Å². The molecule has 162 valence electrons. The summed E-state index contributed by atoms with van der Waals surface area (Å²) in [5.41, 5.74) is 8.73. The number of nitrogen functional groups attached to an aromatic ring is 1. The van der Waals surface area contributed by atoms with E-state index in [2.05, 4.69) is 10.3 Å². The Labute approximate surface area is 191 Å². The van der Waals surface area contributed by atoms with E-state index >= 15 is 0 Å². The molecule has 32 heavy (non-hydrogen) atoms. The third-order valence-corrected chi connectivity index (χ3v) is 5.77. The number of nitrogens with one attached hydrogen (secondary N) is 1. The SMILES string of the molecule is Nc1ccc(/C=C2\CCn3c2nc2cc(NC(=O)/C(Cl)=C(/Cl)C(=O)O)ccc2c3=O)cc1. The summed E-state index contributed by atoms with van der Waals surface area (Å²) in [7, 11) is 0. The second-order valence-corrected chi connectivity index (χ2v) is 7.85. The van der Waals surface area contributed by atoms with E-state index in [-0.39, 0.29) is 11.2 Å². The Bertz CT molecular complexity index is 1390. The highest BCUT2D eigenvalue weighted by Crippen LogP contribution is 2.28. The van der Waals surface area contributed by atoms with Crippen molar-refractivity contribution in [3.8, 4) is 0 Å². The Morgan fingerprint density at radius 3 is 2.53 bits per heavy atom. The van der Waals surface area contributed by atoms with Crippen LogP contribution in [-0.4, -0.2) is 26.5 Å². The number of fused-ring (bicyclic) bond motifs is 2. The van der Waals surface area contributed by atoms with Gasteiger partial charge in [0.15, 0.2) is 0 Å². The van der Waals surface area contributed by atoms with Gasteiger partial charge in [-0.25, -0.2) is 9.78 Å². The van der Waals surface area contributed by atoms with Crippen molar-refractivity contribution in [2.75, 3.05) is 11.1 Å². The first-order valence-electron chi connectivity index (χ1n) is 9.45. The van der Waals surface area contributed by atoms with E-state index in [1.165, 1.54) is 12.1 Å². The van der Waals surface area contributed by atoms with Gasteiger partial charge in [-0.15, -0.1) is 0 Å². The first-order chi connectivity index (χ1) is 15.2. The number of rotatable bonds is 4. The molecule has 3 aromatic rings. The molecule has 0 fully saturated rings. The number of halogens is 2. The molecule has 1 amide bonds. The number of carboxylic acid groups (broad SMARTS) is 1. The lowest BCUT2D eigenvalue weighted by atomic mass is 10.1. The predicted octanol–water partition coefficient (Wildman–Crippen LogP) is 3.64. The molecule has 0 bridgehead atoms. The molecule has 10 heteroatoms. The van der Waals surface area contributed by atoms with Crippen LogP contribution in [0.1, 0.15) is 17.8 Å². The van der Waals surface area contributed by atoms with E-state index in [0.717, 1.165) is 11.1 Å². The van der Waals surface area contributed by atoms with E-state index in [1.807, 2.05) is 18.2 Å². The molecule has 0 radical (unpaired) electrons. The molecule has 1 aliphatic rings. The molecule has 4 rings (SSSR count). The summed E-state index contributed by atoms with van der Waals surface area (Å²) in [5.74, 6) is -1.86. The highest BCUT2D eigenvalue weighted by Gasteiger charge is 2.22. The average molecular weight is 471 g/mol. The maximum atomic E-state index is 12.9. The van der Waals surface area contributed by atoms with Gasteiger partial charge in [0.2, 0.25) is 0 Å². The number of aliphatic carboxylic acids is 1. The highest BCUT2D eigenvalue weighted by atomic mass is 35.5. The second-order valence-electron chi connectivity index (χ2n) is 7.10. The summed E-state index contributed by atoms with van der Waals surface area (Å²) in [6.45, 7) is 0.518. The number of carbonyl (C=O) groups excluding carboxylic acids is 1. The zero-order valence-corrected chi connectivity index (χ0v) is 17.9. The molecular weight excluding hydrogens is 455 g/mol. The fraction of sp³-hybridized carbons (Fsp3) is 0.0909. The Balaban J connectivity index is 1.72. The molecule has 8 nitrogen and oxygen atoms in total. The van der Waals surface area contributed by atoms with E-state index in [0.29, 0.717) is 35.4 Å². The minimum absolute atomic E-state index is 0.185. The normalized spacial score (nSPS) is 14.9. The zero-order valence-electron chi connectivity index (χ0n) is 16.4. The first-order valence-corrected chi connectivity index (χ1v) is 10.2. The van der Waals surface area contributed by atoms with Crippen LogP contribution in [0.5, 0.6) is 0 Å². The van der Waals surface area contributed by atoms with Crippen molar-refractivity contribution < 1.29 is 14.7 Å². The number of aromatic nitrogens is 2. The molecule has 4 N–H and O–H groups in total. The van der Waals surface area contributed by atoms with Gasteiger partial charge in [-0.05, 0) is 54.0 Å². The quantitative estimate of drug-likeness (QED) is 0.394. The largest absolute Gasteiger partial charge is 0.477 e. The molecule has 2 heterocycles. The van der Waals surface area contributed by atoms with Crippen molar-refractivity contribution in [2.45, 2.75) is 13.0 Å². The summed E-state index contributed by atoms with van der Waals surface area (Å²) in [6, 6.07) is 11.9. The van der Waals surface area contributed by atoms with Crippen molar-refractivity contribution in [3.63, 3.8) is 0 Å². The number of carboxylic acids is 1. The molecule has 0 saturated carbocycles. The van der Waals surface area contributed by atoms with Crippen LogP contribution >= 0.6 is 23.2 Å². The minimum Gasteiger partial charge on any atom is -0.477 e. The predicted molar refractivity (Wildman–Crippen MR) is 124 cm³/mol. The molecule has 0 aliphatic carbocycles. The van der Waals surface area contributed by atoms with Crippen LogP contribution in [0.15, 0.2) is 57.3 Å². The maximum Gasteiger partial charge on any atom is 0.349 e. The first kappa shape index (κ1) is 21.6. The van der Waals surface area contributed by atoms with E-state index in [4.69, 9.17) is 34.0 Å². The molecule has 1 aliphatic heterocycles. The lowest BCUT2D eigenvalue weighted by Gasteiger charge is -2.09. The smallest absolute Gasteiger partial charge is 0.349 e. The third-order valence-electron chi connectivity index (χ3n) is 4.96. The van der Waals surface area contributed by atoms with Gasteiger partial charge in [-0.2, -0.15) is 0 Å². The number of nitrogens with two attached hydrogens (primary N) is 1. The van der Waals surface area contributed by atoms with Gasteiger partial charge >= 0.3 is 5.97 Å². The Kier molecular flexibility index (Phi) is 5.73. The molecule has 0 saturated heterocycles. The van der Waals surface area contributed by atoms with Gasteiger partial charge in [-0.1, -0.05) is 35.3 Å². The molecule has 1 aromatic heterocycles. The molecule has 0 spiro atoms. The van der Waals surface area contributed by atoms with E-state index in [9.17, 15) is 14.4 Å². The Morgan fingerprint density at radius 1 is 1.12 bits per heavy atom. The molecule has 0 unspecified atom stereocenters. The summed E-state index contributed by atoms with van der Waals surface area (Å²) >= 11 is 11.2. The van der Waals surface area contributed by atoms with Crippen LogP contribution < -0.4 is 16.6 Å². The van der Waals surface area contributed by atoms with E-state index < -0.39 is 21.9 Å². The number of allylic oxidation sites excluding steroid dienone is 1. The monoisotopic (exact) mass is 470 g/mol.